The van der Waals surface area contributed by atoms with Gasteiger partial charge in [-0.3, -0.25) is 0 Å². The van der Waals surface area contributed by atoms with Crippen molar-refractivity contribution in [3.63, 3.8) is 0 Å². The lowest BCUT2D eigenvalue weighted by atomic mass is 10.3. The molecule has 0 radical (unpaired) electrons. The maximum absolute atomic E-state index is 11.9. The Kier molecular flexibility index (Phi) is 4.18. The normalized spacial score (nSPS) is 12.5. The van der Waals surface area contributed by atoms with Crippen LogP contribution in [0.25, 0.3) is 0 Å². The van der Waals surface area contributed by atoms with Crippen LogP contribution in [0.3, 0.4) is 0 Å². The van der Waals surface area contributed by atoms with Crippen LogP contribution in [0.5, 0.6) is 0 Å². The molecule has 2 nitrogen and oxygen atoms in total. The maximum atomic E-state index is 11.9. The van der Waals surface area contributed by atoms with Gasteiger partial charge in [-0.2, -0.15) is 0 Å². The molecule has 0 bridgehead atoms. The zero-order valence-corrected chi connectivity index (χ0v) is 8.59. The molecule has 13 heavy (non-hydrogen) atoms. The van der Waals surface area contributed by atoms with E-state index in [1.54, 1.807) is 0 Å². The number of rotatable bonds is 4. The van der Waals surface area contributed by atoms with Crippen molar-refractivity contribution in [2.45, 2.75) is 6.10 Å². The quantitative estimate of drug-likeness (QED) is 0.856. The maximum Gasteiger partial charge on any atom is 0.117 e. The first-order valence-electron chi connectivity index (χ1n) is 3.96. The Balaban J connectivity index is 2.41. The van der Waals surface area contributed by atoms with Crippen molar-refractivity contribution in [2.75, 3.05) is 18.5 Å². The fraction of sp³-hybridized carbons (Fsp3) is 0.333. The van der Waals surface area contributed by atoms with Crippen LogP contribution >= 0.6 is 15.9 Å². The van der Waals surface area contributed by atoms with E-state index in [-0.39, 0.29) is 6.54 Å². The van der Waals surface area contributed by atoms with Gasteiger partial charge in [0.25, 0.3) is 0 Å². The summed E-state index contributed by atoms with van der Waals surface area (Å²) >= 11 is 3.30. The Labute approximate surface area is 84.9 Å². The van der Waals surface area contributed by atoms with Gasteiger partial charge < -0.3 is 10.4 Å². The smallest absolute Gasteiger partial charge is 0.117 e. The minimum absolute atomic E-state index is 0.234. The fourth-order valence-electron chi connectivity index (χ4n) is 0.858. The molecule has 0 aromatic heterocycles. The molecule has 0 saturated carbocycles. The molecule has 1 unspecified atom stereocenters. The van der Waals surface area contributed by atoms with Gasteiger partial charge in [0.2, 0.25) is 0 Å². The van der Waals surface area contributed by atoms with Gasteiger partial charge in [-0.15, -0.1) is 0 Å². The first-order valence-corrected chi connectivity index (χ1v) is 4.75. The van der Waals surface area contributed by atoms with Crippen molar-refractivity contribution in [3.8, 4) is 0 Å². The van der Waals surface area contributed by atoms with E-state index in [2.05, 4.69) is 21.2 Å². The number of nitrogens with one attached hydrogen (secondary N) is 1. The third-order valence-electron chi connectivity index (χ3n) is 1.56. The van der Waals surface area contributed by atoms with Crippen LogP contribution in [0.2, 0.25) is 0 Å². The number of anilines is 1. The van der Waals surface area contributed by atoms with E-state index in [1.165, 1.54) is 0 Å². The van der Waals surface area contributed by atoms with E-state index >= 15 is 0 Å². The molecule has 0 saturated heterocycles. The molecule has 0 amide bonds. The Morgan fingerprint density at radius 3 is 2.54 bits per heavy atom. The predicted molar refractivity (Wildman–Crippen MR) is 54.6 cm³/mol. The molecule has 0 aliphatic carbocycles. The SMILES string of the molecule is OC(CF)CNc1ccc(Br)cc1. The van der Waals surface area contributed by atoms with Gasteiger partial charge in [0.1, 0.15) is 6.67 Å². The molecule has 0 spiro atoms. The summed E-state index contributed by atoms with van der Waals surface area (Å²) in [4.78, 5) is 0. The van der Waals surface area contributed by atoms with Gasteiger partial charge in [0, 0.05) is 16.7 Å². The van der Waals surface area contributed by atoms with Crippen molar-refractivity contribution in [3.05, 3.63) is 28.7 Å². The summed E-state index contributed by atoms with van der Waals surface area (Å²) < 4.78 is 12.8. The zero-order valence-electron chi connectivity index (χ0n) is 7.00. The first kappa shape index (κ1) is 10.5. The highest BCUT2D eigenvalue weighted by atomic mass is 79.9. The minimum Gasteiger partial charge on any atom is -0.389 e. The van der Waals surface area contributed by atoms with E-state index in [0.29, 0.717) is 0 Å². The second-order valence-electron chi connectivity index (χ2n) is 2.70. The van der Waals surface area contributed by atoms with Crippen molar-refractivity contribution in [2.24, 2.45) is 0 Å². The lowest BCUT2D eigenvalue weighted by Crippen LogP contribution is -2.21. The van der Waals surface area contributed by atoms with Gasteiger partial charge in [-0.25, -0.2) is 4.39 Å². The van der Waals surface area contributed by atoms with Crippen molar-refractivity contribution in [1.82, 2.24) is 0 Å². The second-order valence-corrected chi connectivity index (χ2v) is 3.61. The largest absolute Gasteiger partial charge is 0.389 e. The molecule has 2 N–H and O–H groups in total. The first-order chi connectivity index (χ1) is 6.22. The molecule has 1 atom stereocenters. The number of halogens is 2. The van der Waals surface area contributed by atoms with E-state index in [0.717, 1.165) is 10.2 Å². The van der Waals surface area contributed by atoms with Crippen LogP contribution in [-0.4, -0.2) is 24.4 Å². The number of benzene rings is 1. The summed E-state index contributed by atoms with van der Waals surface area (Å²) in [5.41, 5.74) is 0.871. The van der Waals surface area contributed by atoms with Crippen molar-refractivity contribution in [1.29, 1.82) is 0 Å². The monoisotopic (exact) mass is 247 g/mol. The zero-order chi connectivity index (χ0) is 9.68. The third kappa shape index (κ3) is 3.74. The van der Waals surface area contributed by atoms with Crippen LogP contribution in [0.1, 0.15) is 0 Å². The van der Waals surface area contributed by atoms with Gasteiger partial charge in [-0.1, -0.05) is 15.9 Å². The average molecular weight is 248 g/mol. The fourth-order valence-corrected chi connectivity index (χ4v) is 1.12. The Hall–Kier alpha value is -0.610. The lowest BCUT2D eigenvalue weighted by Gasteiger charge is -2.08. The topological polar surface area (TPSA) is 32.3 Å². The minimum atomic E-state index is -0.927. The summed E-state index contributed by atoms with van der Waals surface area (Å²) in [7, 11) is 0. The van der Waals surface area contributed by atoms with E-state index in [9.17, 15) is 4.39 Å². The molecule has 0 aliphatic rings. The number of aliphatic hydroxyl groups excluding tert-OH is 1. The highest BCUT2D eigenvalue weighted by Gasteiger charge is 2.01. The standard InChI is InChI=1S/C9H11BrFNO/c10-7-1-3-8(4-2-7)12-6-9(13)5-11/h1-4,9,12-13H,5-6H2. The summed E-state index contributed by atoms with van der Waals surface area (Å²) in [5.74, 6) is 0. The molecule has 4 heteroatoms. The van der Waals surface area contributed by atoms with E-state index < -0.39 is 12.8 Å². The van der Waals surface area contributed by atoms with Crippen molar-refractivity contribution < 1.29 is 9.50 Å². The van der Waals surface area contributed by atoms with E-state index in [4.69, 9.17) is 5.11 Å². The summed E-state index contributed by atoms with van der Waals surface area (Å²) in [6.07, 6.45) is -0.927. The number of hydrogen-bond donors (Lipinski definition) is 2. The summed E-state index contributed by atoms with van der Waals surface area (Å²) in [6.45, 7) is -0.484. The van der Waals surface area contributed by atoms with Crippen molar-refractivity contribution >= 4 is 21.6 Å². The van der Waals surface area contributed by atoms with Crippen LogP contribution in [0, 0.1) is 0 Å². The highest BCUT2D eigenvalue weighted by molar-refractivity contribution is 9.10. The molecule has 1 aromatic rings. The molecule has 0 fully saturated rings. The molecule has 1 rings (SSSR count). The molecule has 1 aromatic carbocycles. The predicted octanol–water partition coefficient (Wildman–Crippen LogP) is 2.19. The number of hydrogen-bond acceptors (Lipinski definition) is 2. The Bertz CT molecular complexity index is 252. The summed E-state index contributed by atoms with van der Waals surface area (Å²) in [5, 5.41) is 11.8. The van der Waals surface area contributed by atoms with Gasteiger partial charge in [0.05, 0.1) is 6.10 Å². The van der Waals surface area contributed by atoms with Gasteiger partial charge >= 0.3 is 0 Å². The molecular formula is C9H11BrFNO. The second kappa shape index (κ2) is 5.19. The number of aliphatic hydroxyl groups is 1. The average Bonchev–Trinajstić information content (AvgIpc) is 2.16. The summed E-state index contributed by atoms with van der Waals surface area (Å²) in [6, 6.07) is 7.47. The molecule has 0 aliphatic heterocycles. The molecule has 72 valence electrons. The van der Waals surface area contributed by atoms with E-state index in [1.807, 2.05) is 24.3 Å². The highest BCUT2D eigenvalue weighted by Crippen LogP contribution is 2.13. The van der Waals surface area contributed by atoms with Crippen LogP contribution in [0.15, 0.2) is 28.7 Å². The van der Waals surface area contributed by atoms with Crippen LogP contribution in [0.4, 0.5) is 10.1 Å². The van der Waals surface area contributed by atoms with Gasteiger partial charge in [-0.05, 0) is 24.3 Å². The lowest BCUT2D eigenvalue weighted by molar-refractivity contribution is 0.151. The van der Waals surface area contributed by atoms with Gasteiger partial charge in [0.15, 0.2) is 0 Å². The van der Waals surface area contributed by atoms with Crippen LogP contribution < -0.4 is 5.32 Å². The Morgan fingerprint density at radius 2 is 2.00 bits per heavy atom. The van der Waals surface area contributed by atoms with Crippen LogP contribution in [-0.2, 0) is 0 Å². The molecular weight excluding hydrogens is 237 g/mol. The molecule has 0 heterocycles. The third-order valence-corrected chi connectivity index (χ3v) is 2.09. The Morgan fingerprint density at radius 1 is 1.38 bits per heavy atom. The number of alkyl halides is 1.